The summed E-state index contributed by atoms with van der Waals surface area (Å²) in [6.07, 6.45) is 4.42. The van der Waals surface area contributed by atoms with Crippen LogP contribution in [0.4, 0.5) is 0 Å². The Balaban J connectivity index is 1.28. The number of likely N-dealkylation sites (tertiary alicyclic amines) is 2. The molecular formula is C21H28N2O3. The highest BCUT2D eigenvalue weighted by Gasteiger charge is 2.46. The normalized spacial score (nSPS) is 27.6. The van der Waals surface area contributed by atoms with Crippen LogP contribution in [0.2, 0.25) is 0 Å². The van der Waals surface area contributed by atoms with Gasteiger partial charge in [-0.3, -0.25) is 14.5 Å². The van der Waals surface area contributed by atoms with Crippen molar-refractivity contribution in [3.05, 3.63) is 35.9 Å². The topological polar surface area (TPSA) is 60.9 Å². The maximum atomic E-state index is 12.7. The van der Waals surface area contributed by atoms with Gasteiger partial charge in [-0.05, 0) is 62.1 Å². The van der Waals surface area contributed by atoms with Crippen LogP contribution in [0.1, 0.15) is 37.2 Å². The Hall–Kier alpha value is -1.88. The third kappa shape index (κ3) is 3.78. The first-order valence-electron chi connectivity index (χ1n) is 9.89. The lowest BCUT2D eigenvalue weighted by Crippen LogP contribution is -2.42. The molecule has 1 N–H and O–H groups in total. The number of carbonyl (C=O) groups is 2. The largest absolute Gasteiger partial charge is 0.481 e. The highest BCUT2D eigenvalue weighted by atomic mass is 16.4. The Bertz CT molecular complexity index is 650. The number of aliphatic carboxylic acids is 1. The highest BCUT2D eigenvalue weighted by molar-refractivity contribution is 5.80. The molecule has 26 heavy (non-hydrogen) atoms. The molecule has 2 heterocycles. The SMILES string of the molecule is O=C(O)C1CN(C(=O)CN2CCC(c3ccccc3)CC2)CC1C1CC1. The van der Waals surface area contributed by atoms with Gasteiger partial charge in [0.05, 0.1) is 12.5 Å². The minimum atomic E-state index is -0.735. The van der Waals surface area contributed by atoms with E-state index in [0.717, 1.165) is 38.8 Å². The van der Waals surface area contributed by atoms with Gasteiger partial charge < -0.3 is 10.0 Å². The summed E-state index contributed by atoms with van der Waals surface area (Å²) in [5, 5.41) is 9.47. The molecule has 2 unspecified atom stereocenters. The van der Waals surface area contributed by atoms with E-state index in [2.05, 4.69) is 29.2 Å². The standard InChI is InChI=1S/C21H28N2O3/c24-20(23-12-18(17-6-7-17)19(13-23)21(25)26)14-22-10-8-16(9-11-22)15-4-2-1-3-5-15/h1-5,16-19H,6-14H2,(H,25,26). The summed E-state index contributed by atoms with van der Waals surface area (Å²) in [4.78, 5) is 28.3. The average Bonchev–Trinajstić information content (AvgIpc) is 3.40. The van der Waals surface area contributed by atoms with Crippen molar-refractivity contribution < 1.29 is 14.7 Å². The number of amides is 1. The molecule has 0 bridgehead atoms. The lowest BCUT2D eigenvalue weighted by molar-refractivity contribution is -0.142. The second-order valence-electron chi connectivity index (χ2n) is 8.21. The van der Waals surface area contributed by atoms with Gasteiger partial charge in [0.15, 0.2) is 0 Å². The summed E-state index contributed by atoms with van der Waals surface area (Å²) in [6.45, 7) is 3.35. The lowest BCUT2D eigenvalue weighted by Gasteiger charge is -2.32. The third-order valence-corrected chi connectivity index (χ3v) is 6.48. The van der Waals surface area contributed by atoms with Crippen LogP contribution in [0.25, 0.3) is 0 Å². The zero-order valence-corrected chi connectivity index (χ0v) is 15.2. The van der Waals surface area contributed by atoms with Crippen LogP contribution in [-0.4, -0.2) is 59.5 Å². The van der Waals surface area contributed by atoms with Crippen molar-refractivity contribution in [2.75, 3.05) is 32.7 Å². The van der Waals surface area contributed by atoms with Gasteiger partial charge in [-0.1, -0.05) is 30.3 Å². The van der Waals surface area contributed by atoms with E-state index >= 15 is 0 Å². The van der Waals surface area contributed by atoms with Gasteiger partial charge in [0, 0.05) is 13.1 Å². The van der Waals surface area contributed by atoms with E-state index in [9.17, 15) is 14.7 Å². The van der Waals surface area contributed by atoms with Crippen LogP contribution in [-0.2, 0) is 9.59 Å². The molecule has 1 aromatic rings. The predicted octanol–water partition coefficient (Wildman–Crippen LogP) is 2.44. The molecule has 0 spiro atoms. The minimum Gasteiger partial charge on any atom is -0.481 e. The monoisotopic (exact) mass is 356 g/mol. The Morgan fingerprint density at radius 2 is 1.69 bits per heavy atom. The van der Waals surface area contributed by atoms with Crippen LogP contribution in [0.5, 0.6) is 0 Å². The smallest absolute Gasteiger partial charge is 0.308 e. The van der Waals surface area contributed by atoms with Crippen molar-refractivity contribution in [2.45, 2.75) is 31.6 Å². The number of carboxylic acids is 1. The molecule has 0 aromatic heterocycles. The van der Waals surface area contributed by atoms with Crippen LogP contribution < -0.4 is 0 Å². The number of piperidine rings is 1. The third-order valence-electron chi connectivity index (χ3n) is 6.48. The zero-order valence-electron chi connectivity index (χ0n) is 15.2. The first-order chi connectivity index (χ1) is 12.6. The molecule has 1 aromatic carbocycles. The van der Waals surface area contributed by atoms with E-state index in [4.69, 9.17) is 0 Å². The molecule has 0 radical (unpaired) electrons. The van der Waals surface area contributed by atoms with Gasteiger partial charge in [0.1, 0.15) is 0 Å². The summed E-state index contributed by atoms with van der Waals surface area (Å²) < 4.78 is 0. The molecule has 2 atom stereocenters. The summed E-state index contributed by atoms with van der Waals surface area (Å²) in [5.41, 5.74) is 1.40. The maximum absolute atomic E-state index is 12.7. The van der Waals surface area contributed by atoms with E-state index in [1.54, 1.807) is 0 Å². The van der Waals surface area contributed by atoms with Crippen LogP contribution in [0.15, 0.2) is 30.3 Å². The van der Waals surface area contributed by atoms with Gasteiger partial charge >= 0.3 is 5.97 Å². The van der Waals surface area contributed by atoms with E-state index in [1.165, 1.54) is 5.56 Å². The second kappa shape index (κ2) is 7.39. The molecule has 3 fully saturated rings. The van der Waals surface area contributed by atoms with Crippen LogP contribution in [0, 0.1) is 17.8 Å². The number of carbonyl (C=O) groups excluding carboxylic acids is 1. The predicted molar refractivity (Wildman–Crippen MR) is 98.8 cm³/mol. The number of nitrogens with zero attached hydrogens (tertiary/aromatic N) is 2. The highest BCUT2D eigenvalue weighted by Crippen LogP contribution is 2.44. The minimum absolute atomic E-state index is 0.109. The molecule has 1 amide bonds. The van der Waals surface area contributed by atoms with E-state index in [0.29, 0.717) is 31.5 Å². The summed E-state index contributed by atoms with van der Waals surface area (Å²) in [7, 11) is 0. The van der Waals surface area contributed by atoms with Gasteiger partial charge in [-0.2, -0.15) is 0 Å². The number of rotatable bonds is 5. The van der Waals surface area contributed by atoms with Gasteiger partial charge in [0.25, 0.3) is 0 Å². The van der Waals surface area contributed by atoms with Crippen molar-refractivity contribution in [2.24, 2.45) is 17.8 Å². The number of benzene rings is 1. The molecule has 2 aliphatic heterocycles. The lowest BCUT2D eigenvalue weighted by atomic mass is 9.89. The fourth-order valence-electron chi connectivity index (χ4n) is 4.74. The molecular weight excluding hydrogens is 328 g/mol. The second-order valence-corrected chi connectivity index (χ2v) is 8.21. The van der Waals surface area contributed by atoms with Crippen molar-refractivity contribution >= 4 is 11.9 Å². The quantitative estimate of drug-likeness (QED) is 0.880. The molecule has 3 aliphatic rings. The maximum Gasteiger partial charge on any atom is 0.308 e. The van der Waals surface area contributed by atoms with Crippen molar-refractivity contribution in [3.63, 3.8) is 0 Å². The molecule has 1 saturated carbocycles. The Kier molecular flexibility index (Phi) is 4.98. The number of carboxylic acid groups (broad SMARTS) is 1. The van der Waals surface area contributed by atoms with Crippen LogP contribution >= 0.6 is 0 Å². The van der Waals surface area contributed by atoms with E-state index in [-0.39, 0.29) is 17.7 Å². The summed E-state index contributed by atoms with van der Waals surface area (Å²) >= 11 is 0. The van der Waals surface area contributed by atoms with Crippen LogP contribution in [0.3, 0.4) is 0 Å². The van der Waals surface area contributed by atoms with Crippen molar-refractivity contribution in [1.82, 2.24) is 9.80 Å². The fourth-order valence-corrected chi connectivity index (χ4v) is 4.74. The van der Waals surface area contributed by atoms with Gasteiger partial charge in [-0.25, -0.2) is 0 Å². The van der Waals surface area contributed by atoms with Gasteiger partial charge in [-0.15, -0.1) is 0 Å². The molecule has 5 nitrogen and oxygen atoms in total. The van der Waals surface area contributed by atoms with Crippen molar-refractivity contribution in [3.8, 4) is 0 Å². The van der Waals surface area contributed by atoms with E-state index < -0.39 is 5.97 Å². The van der Waals surface area contributed by atoms with Gasteiger partial charge in [0.2, 0.25) is 5.91 Å². The first kappa shape index (κ1) is 17.5. The van der Waals surface area contributed by atoms with E-state index in [1.807, 2.05) is 11.0 Å². The molecule has 4 rings (SSSR count). The Labute approximate surface area is 155 Å². The summed E-state index contributed by atoms with van der Waals surface area (Å²) in [6, 6.07) is 10.6. The Morgan fingerprint density at radius 1 is 1.00 bits per heavy atom. The fraction of sp³-hybridized carbons (Fsp3) is 0.619. The number of hydrogen-bond acceptors (Lipinski definition) is 3. The first-order valence-corrected chi connectivity index (χ1v) is 9.89. The Morgan fingerprint density at radius 3 is 2.31 bits per heavy atom. The summed E-state index contributed by atoms with van der Waals surface area (Å²) in [5.74, 6) is 0.287. The van der Waals surface area contributed by atoms with Crippen molar-refractivity contribution in [1.29, 1.82) is 0 Å². The molecule has 2 saturated heterocycles. The molecule has 5 heteroatoms. The molecule has 140 valence electrons. The molecule has 1 aliphatic carbocycles. The number of hydrogen-bond donors (Lipinski definition) is 1. The average molecular weight is 356 g/mol. The zero-order chi connectivity index (χ0) is 18.1.